The van der Waals surface area contributed by atoms with Crippen molar-refractivity contribution in [2.75, 3.05) is 5.32 Å². The van der Waals surface area contributed by atoms with Gasteiger partial charge in [0.1, 0.15) is 16.7 Å². The third kappa shape index (κ3) is 8.90. The van der Waals surface area contributed by atoms with Gasteiger partial charge in [-0.25, -0.2) is 9.78 Å². The molecule has 1 aliphatic rings. The highest BCUT2D eigenvalue weighted by Crippen LogP contribution is 2.43. The van der Waals surface area contributed by atoms with Crippen LogP contribution in [-0.2, 0) is 29.2 Å². The van der Waals surface area contributed by atoms with E-state index >= 15 is 0 Å². The van der Waals surface area contributed by atoms with Crippen LogP contribution in [0.25, 0.3) is 11.1 Å². The van der Waals surface area contributed by atoms with Gasteiger partial charge in [-0.3, -0.25) is 0 Å². The number of amides is 2. The Morgan fingerprint density at radius 2 is 1.53 bits per heavy atom. The van der Waals surface area contributed by atoms with Crippen LogP contribution in [0.1, 0.15) is 41.6 Å². The van der Waals surface area contributed by atoms with Crippen LogP contribution < -0.4 is 15.4 Å². The lowest BCUT2D eigenvalue weighted by molar-refractivity contribution is -0.276. The second kappa shape index (κ2) is 16.7. The molecule has 0 saturated carbocycles. The third-order valence-corrected chi connectivity index (χ3v) is 9.99. The van der Waals surface area contributed by atoms with Gasteiger partial charge >= 0.3 is 6.03 Å². The van der Waals surface area contributed by atoms with E-state index in [1.807, 2.05) is 109 Å². The number of rotatable bonds is 11. The Morgan fingerprint density at radius 1 is 0.811 bits per heavy atom. The Labute approximate surface area is 318 Å². The van der Waals surface area contributed by atoms with Crippen molar-refractivity contribution < 1.29 is 24.1 Å². The van der Waals surface area contributed by atoms with Gasteiger partial charge in [0.25, 0.3) is 0 Å². The summed E-state index contributed by atoms with van der Waals surface area (Å²) in [6.45, 7) is 2.85. The molecule has 1 saturated heterocycles. The minimum atomic E-state index is -0.646. The first-order valence-corrected chi connectivity index (χ1v) is 18.0. The van der Waals surface area contributed by atoms with E-state index in [2.05, 4.69) is 28.6 Å². The van der Waals surface area contributed by atoms with Gasteiger partial charge in [-0.05, 0) is 70.3 Å². The van der Waals surface area contributed by atoms with E-state index in [1.54, 1.807) is 23.0 Å². The van der Waals surface area contributed by atoms with Crippen molar-refractivity contribution in [1.29, 1.82) is 0 Å². The second-order valence-electron chi connectivity index (χ2n) is 12.9. The minimum Gasteiger partial charge on any atom is -0.457 e. The van der Waals surface area contributed by atoms with Crippen molar-refractivity contribution >= 4 is 34.9 Å². The number of imidazole rings is 1. The molecule has 0 bridgehead atoms. The molecule has 4 atom stereocenters. The van der Waals surface area contributed by atoms with Crippen molar-refractivity contribution in [3.8, 4) is 22.6 Å². The van der Waals surface area contributed by atoms with Gasteiger partial charge in [-0.2, -0.15) is 0 Å². The first kappa shape index (κ1) is 36.2. The van der Waals surface area contributed by atoms with Crippen molar-refractivity contribution in [3.63, 3.8) is 0 Å². The second-order valence-corrected chi connectivity index (χ2v) is 13.6. The molecule has 0 aliphatic carbocycles. The highest BCUT2D eigenvalue weighted by Gasteiger charge is 2.39. The van der Waals surface area contributed by atoms with E-state index in [-0.39, 0.29) is 35.9 Å². The van der Waals surface area contributed by atoms with Gasteiger partial charge < -0.3 is 34.5 Å². The van der Waals surface area contributed by atoms with Gasteiger partial charge in [-0.1, -0.05) is 115 Å². The lowest BCUT2D eigenvalue weighted by Gasteiger charge is -2.41. The molecule has 0 radical (unpaired) electrons. The molecule has 0 spiro atoms. The molecule has 9 nitrogen and oxygen atoms in total. The predicted octanol–water partition coefficient (Wildman–Crippen LogP) is 9.95. The number of urea groups is 1. The maximum atomic E-state index is 12.7. The highest BCUT2D eigenvalue weighted by atomic mass is 35.5. The number of aliphatic hydroxyl groups excluding tert-OH is 1. The van der Waals surface area contributed by atoms with Crippen molar-refractivity contribution in [3.05, 3.63) is 166 Å². The number of hydrogen-bond donors (Lipinski definition) is 3. The summed E-state index contributed by atoms with van der Waals surface area (Å²) in [7, 11) is 0. The molecule has 11 heteroatoms. The zero-order valence-corrected chi connectivity index (χ0v) is 30.4. The van der Waals surface area contributed by atoms with E-state index in [0.29, 0.717) is 29.7 Å². The summed E-state index contributed by atoms with van der Waals surface area (Å²) in [5.41, 5.74) is 6.32. The molecule has 6 aromatic rings. The number of aliphatic hydroxyl groups is 1. The molecule has 270 valence electrons. The summed E-state index contributed by atoms with van der Waals surface area (Å²) in [6, 6.07) is 40.4. The maximum Gasteiger partial charge on any atom is 0.319 e. The number of halogens is 2. The Morgan fingerprint density at radius 3 is 2.23 bits per heavy atom. The molecule has 2 heterocycles. The van der Waals surface area contributed by atoms with Crippen LogP contribution in [0.5, 0.6) is 11.5 Å². The smallest absolute Gasteiger partial charge is 0.319 e. The molecule has 0 unspecified atom stereocenters. The summed E-state index contributed by atoms with van der Waals surface area (Å²) in [4.78, 5) is 16.8. The first-order valence-electron chi connectivity index (χ1n) is 17.3. The lowest BCUT2D eigenvalue weighted by Crippen LogP contribution is -2.39. The Kier molecular flexibility index (Phi) is 11.4. The number of anilines is 1. The number of nitrogens with zero attached hydrogens (tertiary/aromatic N) is 2. The highest BCUT2D eigenvalue weighted by molar-refractivity contribution is 6.40. The maximum absolute atomic E-state index is 12.7. The van der Waals surface area contributed by atoms with Gasteiger partial charge in [-0.15, -0.1) is 0 Å². The topological polar surface area (TPSA) is 107 Å². The standard InChI is InChI=1S/C42H38Cl2N4O5/c1-27-37(24-48-26-46-39(43)40(48)44)52-41(53-38(27)31-12-10-28(25-49)11-13-31)32-16-14-30(15-17-32)33-7-5-6-29(22-33)23-45-42(50)47-34-18-20-36(21-19-34)51-35-8-3-2-4-9-35/h2-22,26-27,37-38,41,49H,23-25H2,1H3,(H2,45,47,50)/t27-,37+,38+,41+/m0/s1. The lowest BCUT2D eigenvalue weighted by atomic mass is 9.90. The number of carbonyl (C=O) groups is 1. The van der Waals surface area contributed by atoms with Crippen LogP contribution in [0.15, 0.2) is 134 Å². The number of nitrogens with one attached hydrogen (secondary N) is 2. The van der Waals surface area contributed by atoms with E-state index in [1.165, 1.54) is 0 Å². The van der Waals surface area contributed by atoms with Crippen molar-refractivity contribution in [2.45, 2.75) is 45.1 Å². The molecule has 2 amide bonds. The number of para-hydroxylation sites is 1. The van der Waals surface area contributed by atoms with E-state index in [0.717, 1.165) is 39.1 Å². The van der Waals surface area contributed by atoms with Crippen molar-refractivity contribution in [2.24, 2.45) is 5.92 Å². The fourth-order valence-electron chi connectivity index (χ4n) is 6.27. The fraction of sp³-hybridized carbons (Fsp3) is 0.190. The van der Waals surface area contributed by atoms with Gasteiger partial charge in [0, 0.05) is 23.7 Å². The van der Waals surface area contributed by atoms with E-state index < -0.39 is 6.29 Å². The Bertz CT molecular complexity index is 2130. The van der Waals surface area contributed by atoms with Gasteiger partial charge in [0.15, 0.2) is 11.4 Å². The molecule has 53 heavy (non-hydrogen) atoms. The summed E-state index contributed by atoms with van der Waals surface area (Å²) in [5, 5.41) is 16.0. The summed E-state index contributed by atoms with van der Waals surface area (Å²) >= 11 is 12.6. The largest absolute Gasteiger partial charge is 0.457 e. The Hall–Kier alpha value is -5.16. The molecule has 1 aliphatic heterocycles. The normalized spacial score (nSPS) is 18.3. The SMILES string of the molecule is C[C@H]1[C@@H](Cn2cnc(Cl)c2Cl)O[C@@H](c2ccc(-c3cccc(CNC(=O)Nc4ccc(Oc5ccccc5)cc4)c3)cc2)O[C@H]1c1ccc(CO)cc1. The fourth-order valence-corrected chi connectivity index (χ4v) is 6.59. The number of ether oxygens (including phenoxy) is 3. The predicted molar refractivity (Wildman–Crippen MR) is 206 cm³/mol. The number of aromatic nitrogens is 2. The molecule has 5 aromatic carbocycles. The molecule has 3 N–H and O–H groups in total. The first-order chi connectivity index (χ1) is 25.8. The summed E-state index contributed by atoms with van der Waals surface area (Å²) in [5.74, 6) is 1.39. The van der Waals surface area contributed by atoms with Crippen LogP contribution >= 0.6 is 23.2 Å². The minimum absolute atomic E-state index is 0.0294. The van der Waals surface area contributed by atoms with Crippen molar-refractivity contribution in [1.82, 2.24) is 14.9 Å². The van der Waals surface area contributed by atoms with Crippen LogP contribution in [0, 0.1) is 5.92 Å². The quantitative estimate of drug-likeness (QED) is 0.122. The van der Waals surface area contributed by atoms with E-state index in [4.69, 9.17) is 37.4 Å². The average molecular weight is 750 g/mol. The van der Waals surface area contributed by atoms with Crippen LogP contribution in [-0.4, -0.2) is 26.8 Å². The molecule has 7 rings (SSSR count). The molecular weight excluding hydrogens is 711 g/mol. The van der Waals surface area contributed by atoms with Crippen LogP contribution in [0.2, 0.25) is 10.3 Å². The molecular formula is C42H38Cl2N4O5. The Balaban J connectivity index is 0.999. The van der Waals surface area contributed by atoms with Gasteiger partial charge in [0.05, 0.1) is 31.7 Å². The number of hydrogen-bond acceptors (Lipinski definition) is 6. The monoisotopic (exact) mass is 748 g/mol. The summed E-state index contributed by atoms with van der Waals surface area (Å²) < 4.78 is 20.8. The van der Waals surface area contributed by atoms with Crippen LogP contribution in [0.3, 0.4) is 0 Å². The van der Waals surface area contributed by atoms with Gasteiger partial charge in [0.2, 0.25) is 0 Å². The number of benzene rings is 5. The zero-order valence-electron chi connectivity index (χ0n) is 28.9. The summed E-state index contributed by atoms with van der Waals surface area (Å²) in [6.07, 6.45) is 0.418. The van der Waals surface area contributed by atoms with E-state index in [9.17, 15) is 9.90 Å². The number of carbonyl (C=O) groups excluding carboxylic acids is 1. The van der Waals surface area contributed by atoms with Crippen LogP contribution in [0.4, 0.5) is 10.5 Å². The molecule has 1 aromatic heterocycles. The molecule has 1 fully saturated rings. The third-order valence-electron chi connectivity index (χ3n) is 9.22. The average Bonchev–Trinajstić information content (AvgIpc) is 3.51. The zero-order chi connectivity index (χ0) is 36.7.